The number of rotatable bonds is 5. The average Bonchev–Trinajstić information content (AvgIpc) is 2.93. The molecule has 3 rings (SSSR count). The Labute approximate surface area is 126 Å². The minimum Gasteiger partial charge on any atom is -0.365 e. The van der Waals surface area contributed by atoms with E-state index in [1.807, 2.05) is 24.4 Å². The second-order valence-corrected chi connectivity index (χ2v) is 5.44. The Balaban J connectivity index is 1.86. The summed E-state index contributed by atoms with van der Waals surface area (Å²) in [5, 5.41) is 9.36. The summed E-state index contributed by atoms with van der Waals surface area (Å²) in [6.45, 7) is 3.29. The number of thiophene rings is 1. The summed E-state index contributed by atoms with van der Waals surface area (Å²) in [6, 6.07) is 8.53. The second kappa shape index (κ2) is 6.05. The van der Waals surface area contributed by atoms with Gasteiger partial charge >= 0.3 is 0 Å². The lowest BCUT2D eigenvalue weighted by molar-refractivity contribution is 0.626. The van der Waals surface area contributed by atoms with Crippen molar-refractivity contribution in [3.8, 4) is 0 Å². The van der Waals surface area contributed by atoms with E-state index in [1.165, 1.54) is 12.1 Å². The molecule has 4 nitrogen and oxygen atoms in total. The molecule has 0 fully saturated rings. The maximum Gasteiger partial charge on any atom is 0.226 e. The third-order valence-electron chi connectivity index (χ3n) is 3.01. The van der Waals surface area contributed by atoms with Gasteiger partial charge in [-0.2, -0.15) is 4.98 Å². The minimum atomic E-state index is -0.231. The first-order valence-electron chi connectivity index (χ1n) is 6.73. The molecule has 0 aliphatic carbocycles. The monoisotopic (exact) mass is 302 g/mol. The van der Waals surface area contributed by atoms with E-state index in [1.54, 1.807) is 17.4 Å². The van der Waals surface area contributed by atoms with Crippen molar-refractivity contribution >= 4 is 33.3 Å². The third-order valence-corrected chi connectivity index (χ3v) is 3.82. The second-order valence-electron chi connectivity index (χ2n) is 4.55. The molecule has 3 aromatic rings. The maximum atomic E-state index is 13.2. The van der Waals surface area contributed by atoms with Gasteiger partial charge in [0, 0.05) is 13.1 Å². The van der Waals surface area contributed by atoms with Gasteiger partial charge in [0.25, 0.3) is 0 Å². The van der Waals surface area contributed by atoms with E-state index >= 15 is 0 Å². The van der Waals surface area contributed by atoms with Crippen molar-refractivity contribution in [3.05, 3.63) is 47.1 Å². The Kier molecular flexibility index (Phi) is 3.96. The lowest BCUT2D eigenvalue weighted by Gasteiger charge is -2.09. The lowest BCUT2D eigenvalue weighted by Crippen LogP contribution is -2.07. The van der Waals surface area contributed by atoms with Crippen LogP contribution in [0.25, 0.3) is 10.2 Å². The molecule has 0 aliphatic heterocycles. The van der Waals surface area contributed by atoms with Crippen molar-refractivity contribution in [1.82, 2.24) is 9.97 Å². The molecular formula is C15H15FN4S. The van der Waals surface area contributed by atoms with Gasteiger partial charge in [0.2, 0.25) is 5.95 Å². The summed E-state index contributed by atoms with van der Waals surface area (Å²) in [7, 11) is 0. The first kappa shape index (κ1) is 13.8. The van der Waals surface area contributed by atoms with Crippen molar-refractivity contribution in [3.63, 3.8) is 0 Å². The maximum absolute atomic E-state index is 13.2. The van der Waals surface area contributed by atoms with Crippen LogP contribution >= 0.6 is 11.3 Å². The van der Waals surface area contributed by atoms with E-state index in [0.29, 0.717) is 12.5 Å². The molecule has 0 radical (unpaired) electrons. The minimum absolute atomic E-state index is 0.231. The zero-order valence-electron chi connectivity index (χ0n) is 11.6. The van der Waals surface area contributed by atoms with E-state index < -0.39 is 0 Å². The molecule has 0 saturated carbocycles. The number of halogens is 1. The van der Waals surface area contributed by atoms with Crippen LogP contribution in [0, 0.1) is 5.82 Å². The first-order chi connectivity index (χ1) is 10.3. The number of nitrogens with zero attached hydrogens (tertiary/aromatic N) is 2. The summed E-state index contributed by atoms with van der Waals surface area (Å²) >= 11 is 1.57. The van der Waals surface area contributed by atoms with Crippen LogP contribution in [0.15, 0.2) is 35.7 Å². The third kappa shape index (κ3) is 3.11. The van der Waals surface area contributed by atoms with Gasteiger partial charge < -0.3 is 10.6 Å². The van der Waals surface area contributed by atoms with Crippen molar-refractivity contribution in [2.24, 2.45) is 0 Å². The van der Waals surface area contributed by atoms with Crippen LogP contribution in [-0.2, 0) is 6.54 Å². The molecule has 2 heterocycles. The molecule has 6 heteroatoms. The van der Waals surface area contributed by atoms with Gasteiger partial charge in [-0.25, -0.2) is 9.37 Å². The Morgan fingerprint density at radius 2 is 2.10 bits per heavy atom. The zero-order chi connectivity index (χ0) is 14.7. The van der Waals surface area contributed by atoms with Crippen LogP contribution in [0.3, 0.4) is 0 Å². The van der Waals surface area contributed by atoms with E-state index in [4.69, 9.17) is 0 Å². The summed E-state index contributed by atoms with van der Waals surface area (Å²) in [5.74, 6) is 1.14. The van der Waals surface area contributed by atoms with Gasteiger partial charge in [-0.15, -0.1) is 11.3 Å². The van der Waals surface area contributed by atoms with E-state index in [2.05, 4.69) is 20.6 Å². The lowest BCUT2D eigenvalue weighted by atomic mass is 10.2. The fourth-order valence-electron chi connectivity index (χ4n) is 2.06. The highest BCUT2D eigenvalue weighted by Crippen LogP contribution is 2.26. The average molecular weight is 302 g/mol. The van der Waals surface area contributed by atoms with E-state index in [9.17, 15) is 4.39 Å². The van der Waals surface area contributed by atoms with Gasteiger partial charge in [0.15, 0.2) is 0 Å². The van der Waals surface area contributed by atoms with Crippen LogP contribution < -0.4 is 10.6 Å². The fourth-order valence-corrected chi connectivity index (χ4v) is 2.82. The largest absolute Gasteiger partial charge is 0.365 e. The molecular weight excluding hydrogens is 287 g/mol. The summed E-state index contributed by atoms with van der Waals surface area (Å²) in [4.78, 5) is 9.86. The summed E-state index contributed by atoms with van der Waals surface area (Å²) < 4.78 is 13.2. The van der Waals surface area contributed by atoms with Crippen molar-refractivity contribution in [1.29, 1.82) is 0 Å². The zero-order valence-corrected chi connectivity index (χ0v) is 12.4. The van der Waals surface area contributed by atoms with E-state index in [-0.39, 0.29) is 5.82 Å². The molecule has 0 spiro atoms. The molecule has 0 atom stereocenters. The molecule has 0 unspecified atom stereocenters. The molecule has 0 aliphatic rings. The molecule has 108 valence electrons. The smallest absolute Gasteiger partial charge is 0.226 e. The van der Waals surface area contributed by atoms with Crippen LogP contribution in [0.1, 0.15) is 12.5 Å². The molecule has 0 amide bonds. The molecule has 0 bridgehead atoms. The molecule has 1 aromatic carbocycles. The Bertz CT molecular complexity index is 756. The van der Waals surface area contributed by atoms with Crippen LogP contribution in [0.2, 0.25) is 0 Å². The van der Waals surface area contributed by atoms with Crippen molar-refractivity contribution in [2.75, 3.05) is 17.2 Å². The number of hydrogen-bond donors (Lipinski definition) is 2. The summed E-state index contributed by atoms with van der Waals surface area (Å²) in [5.41, 5.74) is 0.877. The normalized spacial score (nSPS) is 10.8. The van der Waals surface area contributed by atoms with Gasteiger partial charge in [0.05, 0.1) is 5.39 Å². The van der Waals surface area contributed by atoms with Gasteiger partial charge in [0.1, 0.15) is 16.5 Å². The SMILES string of the molecule is CCNc1nc(NCc2cccc(F)c2)c2ccsc2n1. The number of hydrogen-bond acceptors (Lipinski definition) is 5. The predicted octanol–water partition coefficient (Wildman–Crippen LogP) is 3.87. The van der Waals surface area contributed by atoms with Gasteiger partial charge in [-0.3, -0.25) is 0 Å². The highest BCUT2D eigenvalue weighted by Gasteiger charge is 2.08. The summed E-state index contributed by atoms with van der Waals surface area (Å²) in [6.07, 6.45) is 0. The highest BCUT2D eigenvalue weighted by molar-refractivity contribution is 7.16. The van der Waals surface area contributed by atoms with Gasteiger partial charge in [-0.05, 0) is 36.1 Å². The fraction of sp³-hybridized carbons (Fsp3) is 0.200. The predicted molar refractivity (Wildman–Crippen MR) is 85.3 cm³/mol. The highest BCUT2D eigenvalue weighted by atomic mass is 32.1. The number of anilines is 2. The Morgan fingerprint density at radius 3 is 2.90 bits per heavy atom. The molecule has 2 N–H and O–H groups in total. The van der Waals surface area contributed by atoms with Crippen molar-refractivity contribution in [2.45, 2.75) is 13.5 Å². The van der Waals surface area contributed by atoms with Gasteiger partial charge in [-0.1, -0.05) is 12.1 Å². The standard InChI is InChI=1S/C15H15FN4S/c1-2-17-15-19-13(12-6-7-21-14(12)20-15)18-9-10-4-3-5-11(16)8-10/h3-8H,2,9H2,1H3,(H2,17,18,19,20). The van der Waals surface area contributed by atoms with Crippen molar-refractivity contribution < 1.29 is 4.39 Å². The van der Waals surface area contributed by atoms with Crippen LogP contribution in [0.4, 0.5) is 16.2 Å². The molecule has 2 aromatic heterocycles. The van der Waals surface area contributed by atoms with Crippen LogP contribution in [-0.4, -0.2) is 16.5 Å². The number of benzene rings is 1. The quantitative estimate of drug-likeness (QED) is 0.751. The topological polar surface area (TPSA) is 49.8 Å². The molecule has 0 saturated heterocycles. The Morgan fingerprint density at radius 1 is 1.19 bits per heavy atom. The first-order valence-corrected chi connectivity index (χ1v) is 7.61. The molecule has 21 heavy (non-hydrogen) atoms. The Hall–Kier alpha value is -2.21. The van der Waals surface area contributed by atoms with Crippen LogP contribution in [0.5, 0.6) is 0 Å². The van der Waals surface area contributed by atoms with E-state index in [0.717, 1.165) is 28.1 Å². The number of aromatic nitrogens is 2. The number of fused-ring (bicyclic) bond motifs is 1. The number of nitrogens with one attached hydrogen (secondary N) is 2.